The fourth-order valence-electron chi connectivity index (χ4n) is 2.07. The lowest BCUT2D eigenvalue weighted by molar-refractivity contribution is -0.266. The molecule has 0 saturated carbocycles. The lowest BCUT2D eigenvalue weighted by Crippen LogP contribution is -2.07. The van der Waals surface area contributed by atoms with Gasteiger partial charge in [0.15, 0.2) is 0 Å². The SMILES string of the molecule is FC(F)(F)OSc1ccc2cc3ccccc3cc2c1. The summed E-state index contributed by atoms with van der Waals surface area (Å²) in [6.07, 6.45) is -4.64. The van der Waals surface area contributed by atoms with Crippen LogP contribution in [0.4, 0.5) is 13.2 Å². The van der Waals surface area contributed by atoms with Crippen LogP contribution in [-0.2, 0) is 4.18 Å². The molecule has 0 radical (unpaired) electrons. The van der Waals surface area contributed by atoms with E-state index in [9.17, 15) is 13.2 Å². The molecule has 0 N–H and O–H groups in total. The van der Waals surface area contributed by atoms with Crippen LogP contribution in [0.2, 0.25) is 0 Å². The summed E-state index contributed by atoms with van der Waals surface area (Å²) in [6, 6.07) is 16.9. The van der Waals surface area contributed by atoms with Gasteiger partial charge in [0.2, 0.25) is 0 Å². The highest BCUT2D eigenvalue weighted by molar-refractivity contribution is 7.94. The number of hydrogen-bond acceptors (Lipinski definition) is 2. The van der Waals surface area contributed by atoms with Crippen LogP contribution in [-0.4, -0.2) is 6.36 Å². The molecule has 0 spiro atoms. The highest BCUT2D eigenvalue weighted by Gasteiger charge is 2.30. The summed E-state index contributed by atoms with van der Waals surface area (Å²) < 4.78 is 39.8. The molecule has 0 aliphatic heterocycles. The highest BCUT2D eigenvalue weighted by Crippen LogP contribution is 2.32. The van der Waals surface area contributed by atoms with Gasteiger partial charge in [-0.05, 0) is 45.8 Å². The normalized spacial score (nSPS) is 12.2. The first-order valence-corrected chi connectivity index (χ1v) is 6.60. The molecule has 0 bridgehead atoms. The molecule has 0 atom stereocenters. The molecule has 102 valence electrons. The quantitative estimate of drug-likeness (QED) is 0.453. The second kappa shape index (κ2) is 5.00. The molecule has 3 rings (SSSR count). The van der Waals surface area contributed by atoms with E-state index in [1.165, 1.54) is 0 Å². The minimum atomic E-state index is -4.64. The summed E-state index contributed by atoms with van der Waals surface area (Å²) in [5.41, 5.74) is 0. The summed E-state index contributed by atoms with van der Waals surface area (Å²) >= 11 is 0.323. The molecule has 3 aromatic carbocycles. The summed E-state index contributed by atoms with van der Waals surface area (Å²) in [4.78, 5) is 0.421. The van der Waals surface area contributed by atoms with Crippen molar-refractivity contribution in [2.24, 2.45) is 0 Å². The average Bonchev–Trinajstić information content (AvgIpc) is 2.42. The Bertz CT molecular complexity index is 768. The first kappa shape index (κ1) is 13.3. The van der Waals surface area contributed by atoms with Gasteiger partial charge in [0.05, 0.1) is 0 Å². The molecule has 0 saturated heterocycles. The minimum absolute atomic E-state index is 0.323. The van der Waals surface area contributed by atoms with E-state index in [0.717, 1.165) is 21.5 Å². The van der Waals surface area contributed by atoms with E-state index in [1.807, 2.05) is 36.4 Å². The third-order valence-electron chi connectivity index (χ3n) is 2.91. The topological polar surface area (TPSA) is 9.23 Å². The Morgan fingerprint density at radius 3 is 2.00 bits per heavy atom. The predicted octanol–water partition coefficient (Wildman–Crippen LogP) is 5.54. The zero-order chi connectivity index (χ0) is 14.2. The highest BCUT2D eigenvalue weighted by atomic mass is 32.2. The van der Waals surface area contributed by atoms with Crippen LogP contribution < -0.4 is 0 Å². The third-order valence-corrected chi connectivity index (χ3v) is 3.63. The molecule has 0 aliphatic rings. The Hall–Kier alpha value is -1.72. The van der Waals surface area contributed by atoms with Gasteiger partial charge >= 0.3 is 6.36 Å². The van der Waals surface area contributed by atoms with Crippen LogP contribution in [0.5, 0.6) is 0 Å². The van der Waals surface area contributed by atoms with Crippen molar-refractivity contribution in [2.75, 3.05) is 0 Å². The lowest BCUT2D eigenvalue weighted by atomic mass is 10.0. The van der Waals surface area contributed by atoms with E-state index in [1.54, 1.807) is 18.2 Å². The van der Waals surface area contributed by atoms with E-state index in [-0.39, 0.29) is 0 Å². The van der Waals surface area contributed by atoms with E-state index >= 15 is 0 Å². The molecular weight excluding hydrogens is 285 g/mol. The maximum absolute atomic E-state index is 12.0. The molecule has 0 fully saturated rings. The summed E-state index contributed by atoms with van der Waals surface area (Å²) in [7, 11) is 0. The second-order valence-electron chi connectivity index (χ2n) is 4.32. The van der Waals surface area contributed by atoms with Crippen molar-refractivity contribution < 1.29 is 17.4 Å². The van der Waals surface area contributed by atoms with Crippen LogP contribution in [0.3, 0.4) is 0 Å². The van der Waals surface area contributed by atoms with Crippen molar-refractivity contribution in [3.8, 4) is 0 Å². The summed E-state index contributed by atoms with van der Waals surface area (Å²) in [5.74, 6) is 0. The number of hydrogen-bond donors (Lipinski definition) is 0. The smallest absolute Gasteiger partial charge is 0.215 e. The second-order valence-corrected chi connectivity index (χ2v) is 5.13. The fourth-order valence-corrected chi connectivity index (χ4v) is 2.55. The van der Waals surface area contributed by atoms with Gasteiger partial charge in [0, 0.05) is 16.9 Å². The number of alkyl halides is 3. The molecular formula is C15H9F3OS. The van der Waals surface area contributed by atoms with E-state index in [4.69, 9.17) is 0 Å². The Morgan fingerprint density at radius 1 is 0.750 bits per heavy atom. The molecule has 5 heteroatoms. The molecule has 3 aromatic rings. The Balaban J connectivity index is 2.00. The third kappa shape index (κ3) is 2.89. The van der Waals surface area contributed by atoms with Crippen molar-refractivity contribution in [1.29, 1.82) is 0 Å². The molecule has 0 unspecified atom stereocenters. The molecule has 0 aromatic heterocycles. The first-order chi connectivity index (χ1) is 9.51. The Kier molecular flexibility index (Phi) is 3.31. The minimum Gasteiger partial charge on any atom is -0.215 e. The van der Waals surface area contributed by atoms with Gasteiger partial charge in [-0.15, -0.1) is 13.2 Å². The number of rotatable bonds is 2. The van der Waals surface area contributed by atoms with E-state index in [2.05, 4.69) is 4.18 Å². The summed E-state index contributed by atoms with van der Waals surface area (Å²) in [6.45, 7) is 0. The van der Waals surface area contributed by atoms with Crippen LogP contribution in [0.25, 0.3) is 21.5 Å². The van der Waals surface area contributed by atoms with E-state index in [0.29, 0.717) is 16.9 Å². The maximum Gasteiger partial charge on any atom is 0.533 e. The molecule has 0 aliphatic carbocycles. The van der Waals surface area contributed by atoms with Crippen molar-refractivity contribution in [1.82, 2.24) is 0 Å². The van der Waals surface area contributed by atoms with Gasteiger partial charge in [-0.3, -0.25) is 0 Å². The molecule has 20 heavy (non-hydrogen) atoms. The monoisotopic (exact) mass is 294 g/mol. The Morgan fingerprint density at radius 2 is 1.35 bits per heavy atom. The van der Waals surface area contributed by atoms with Crippen molar-refractivity contribution in [3.05, 3.63) is 54.6 Å². The standard InChI is InChI=1S/C15H9F3OS/c16-15(17,18)19-20-14-6-5-12-7-10-3-1-2-4-11(10)8-13(12)9-14/h1-9H. The van der Waals surface area contributed by atoms with Crippen LogP contribution in [0.1, 0.15) is 0 Å². The first-order valence-electron chi connectivity index (χ1n) is 5.86. The molecule has 0 heterocycles. The van der Waals surface area contributed by atoms with Crippen molar-refractivity contribution in [3.63, 3.8) is 0 Å². The van der Waals surface area contributed by atoms with Crippen LogP contribution >= 0.6 is 12.0 Å². The van der Waals surface area contributed by atoms with Gasteiger partial charge in [0.25, 0.3) is 0 Å². The zero-order valence-electron chi connectivity index (χ0n) is 10.1. The largest absolute Gasteiger partial charge is 0.533 e. The van der Waals surface area contributed by atoms with Gasteiger partial charge in [0.1, 0.15) is 0 Å². The van der Waals surface area contributed by atoms with Crippen LogP contribution in [0, 0.1) is 0 Å². The zero-order valence-corrected chi connectivity index (χ0v) is 11.0. The lowest BCUT2D eigenvalue weighted by Gasteiger charge is -2.07. The van der Waals surface area contributed by atoms with Crippen molar-refractivity contribution >= 4 is 33.6 Å². The van der Waals surface area contributed by atoms with Gasteiger partial charge in [-0.1, -0.05) is 30.3 Å². The number of fused-ring (bicyclic) bond motifs is 2. The molecule has 1 nitrogen and oxygen atoms in total. The van der Waals surface area contributed by atoms with Gasteiger partial charge < -0.3 is 0 Å². The fraction of sp³-hybridized carbons (Fsp3) is 0.0667. The predicted molar refractivity (Wildman–Crippen MR) is 74.5 cm³/mol. The summed E-state index contributed by atoms with van der Waals surface area (Å²) in [5, 5.41) is 4.03. The van der Waals surface area contributed by atoms with Crippen LogP contribution in [0.15, 0.2) is 59.5 Å². The average molecular weight is 294 g/mol. The van der Waals surface area contributed by atoms with Gasteiger partial charge in [-0.25, -0.2) is 4.18 Å². The van der Waals surface area contributed by atoms with E-state index < -0.39 is 6.36 Å². The number of halogens is 3. The Labute approximate surface area is 117 Å². The maximum atomic E-state index is 12.0. The molecule has 0 amide bonds. The van der Waals surface area contributed by atoms with Crippen molar-refractivity contribution in [2.45, 2.75) is 11.3 Å². The number of benzene rings is 3. The van der Waals surface area contributed by atoms with Gasteiger partial charge in [-0.2, -0.15) is 0 Å².